The van der Waals surface area contributed by atoms with Crippen LogP contribution in [0.2, 0.25) is 0 Å². The molecule has 2 amide bonds. The van der Waals surface area contributed by atoms with Gasteiger partial charge in [0.1, 0.15) is 0 Å². The predicted molar refractivity (Wildman–Crippen MR) is 82.9 cm³/mol. The lowest BCUT2D eigenvalue weighted by atomic mass is 9.96. The third-order valence-corrected chi connectivity index (χ3v) is 3.73. The van der Waals surface area contributed by atoms with E-state index in [1.165, 1.54) is 24.8 Å². The topological polar surface area (TPSA) is 53.2 Å². The number of rotatable bonds is 5. The first-order valence-corrected chi connectivity index (χ1v) is 7.65. The van der Waals surface area contributed by atoms with Gasteiger partial charge in [-0.05, 0) is 37.1 Å². The Bertz CT molecular complexity index is 410. The van der Waals surface area contributed by atoms with Gasteiger partial charge in [-0.1, -0.05) is 38.3 Å². The lowest BCUT2D eigenvalue weighted by Crippen LogP contribution is -2.39. The van der Waals surface area contributed by atoms with E-state index >= 15 is 0 Å². The molecule has 1 aromatic carbocycles. The number of nitrogens with one attached hydrogen (secondary N) is 3. The van der Waals surface area contributed by atoms with Crippen LogP contribution in [-0.2, 0) is 6.54 Å². The van der Waals surface area contributed by atoms with Crippen LogP contribution in [0.1, 0.15) is 44.6 Å². The monoisotopic (exact) mass is 275 g/mol. The Hall–Kier alpha value is -1.55. The van der Waals surface area contributed by atoms with E-state index in [1.807, 2.05) is 24.3 Å². The number of hydrogen-bond donors (Lipinski definition) is 3. The van der Waals surface area contributed by atoms with Crippen LogP contribution >= 0.6 is 0 Å². The minimum Gasteiger partial charge on any atom is -0.335 e. The maximum Gasteiger partial charge on any atom is 0.319 e. The van der Waals surface area contributed by atoms with Crippen LogP contribution in [0.4, 0.5) is 10.5 Å². The lowest BCUT2D eigenvalue weighted by molar-refractivity contribution is 0.244. The van der Waals surface area contributed by atoms with Gasteiger partial charge in [-0.15, -0.1) is 0 Å². The highest BCUT2D eigenvalue weighted by Gasteiger charge is 2.15. The molecule has 1 aliphatic rings. The highest BCUT2D eigenvalue weighted by molar-refractivity contribution is 5.89. The summed E-state index contributed by atoms with van der Waals surface area (Å²) in [7, 11) is 0. The Balaban J connectivity index is 1.78. The van der Waals surface area contributed by atoms with E-state index in [1.54, 1.807) is 0 Å². The third-order valence-electron chi connectivity index (χ3n) is 3.73. The molecule has 4 nitrogen and oxygen atoms in total. The second-order valence-electron chi connectivity index (χ2n) is 5.41. The molecule has 0 aromatic heterocycles. The fourth-order valence-corrected chi connectivity index (χ4v) is 2.57. The maximum absolute atomic E-state index is 11.9. The Morgan fingerprint density at radius 2 is 1.85 bits per heavy atom. The van der Waals surface area contributed by atoms with E-state index in [9.17, 15) is 4.79 Å². The summed E-state index contributed by atoms with van der Waals surface area (Å²) in [5, 5.41) is 9.24. The van der Waals surface area contributed by atoms with E-state index in [4.69, 9.17) is 0 Å². The molecule has 0 saturated heterocycles. The summed E-state index contributed by atoms with van der Waals surface area (Å²) >= 11 is 0. The van der Waals surface area contributed by atoms with Gasteiger partial charge in [-0.25, -0.2) is 4.79 Å². The zero-order valence-electron chi connectivity index (χ0n) is 12.2. The summed E-state index contributed by atoms with van der Waals surface area (Å²) in [5.41, 5.74) is 2.07. The average molecular weight is 275 g/mol. The molecule has 3 N–H and O–H groups in total. The van der Waals surface area contributed by atoms with Crippen molar-refractivity contribution in [2.24, 2.45) is 0 Å². The van der Waals surface area contributed by atoms with Crippen molar-refractivity contribution in [3.05, 3.63) is 29.8 Å². The van der Waals surface area contributed by atoms with Gasteiger partial charge >= 0.3 is 6.03 Å². The first-order valence-electron chi connectivity index (χ1n) is 7.65. The normalized spacial score (nSPS) is 15.8. The molecule has 1 saturated carbocycles. The quantitative estimate of drug-likeness (QED) is 0.772. The largest absolute Gasteiger partial charge is 0.335 e. The number of amides is 2. The summed E-state index contributed by atoms with van der Waals surface area (Å²) in [6.45, 7) is 3.92. The van der Waals surface area contributed by atoms with Gasteiger partial charge in [-0.2, -0.15) is 0 Å². The molecular formula is C16H25N3O. The van der Waals surface area contributed by atoms with Crippen LogP contribution in [0.25, 0.3) is 0 Å². The van der Waals surface area contributed by atoms with Gasteiger partial charge < -0.3 is 16.0 Å². The highest BCUT2D eigenvalue weighted by atomic mass is 16.2. The molecule has 0 aliphatic heterocycles. The van der Waals surface area contributed by atoms with Gasteiger partial charge in [0, 0.05) is 18.3 Å². The molecule has 0 bridgehead atoms. The maximum atomic E-state index is 11.9. The fourth-order valence-electron chi connectivity index (χ4n) is 2.57. The molecule has 0 atom stereocenters. The summed E-state index contributed by atoms with van der Waals surface area (Å²) in [5.74, 6) is 0. The first kappa shape index (κ1) is 14.9. The van der Waals surface area contributed by atoms with Crippen LogP contribution in [0.15, 0.2) is 24.3 Å². The molecule has 0 unspecified atom stereocenters. The van der Waals surface area contributed by atoms with E-state index < -0.39 is 0 Å². The summed E-state index contributed by atoms with van der Waals surface area (Å²) < 4.78 is 0. The van der Waals surface area contributed by atoms with Crippen LogP contribution in [0.5, 0.6) is 0 Å². The molecule has 1 aliphatic carbocycles. The van der Waals surface area contributed by atoms with Crippen LogP contribution < -0.4 is 16.0 Å². The number of urea groups is 1. The Morgan fingerprint density at radius 3 is 2.50 bits per heavy atom. The molecule has 1 aromatic rings. The molecule has 1 fully saturated rings. The van der Waals surface area contributed by atoms with Gasteiger partial charge in [0.05, 0.1) is 0 Å². The van der Waals surface area contributed by atoms with Gasteiger partial charge in [0.15, 0.2) is 0 Å². The number of anilines is 1. The Labute approximate surface area is 121 Å². The van der Waals surface area contributed by atoms with Crippen molar-refractivity contribution in [3.8, 4) is 0 Å². The van der Waals surface area contributed by atoms with Gasteiger partial charge in [-0.3, -0.25) is 0 Å². The van der Waals surface area contributed by atoms with Gasteiger partial charge in [0.2, 0.25) is 0 Å². The zero-order chi connectivity index (χ0) is 14.2. The summed E-state index contributed by atoms with van der Waals surface area (Å²) in [4.78, 5) is 11.9. The van der Waals surface area contributed by atoms with Crippen LogP contribution in [0, 0.1) is 0 Å². The van der Waals surface area contributed by atoms with Gasteiger partial charge in [0.25, 0.3) is 0 Å². The van der Waals surface area contributed by atoms with Crippen molar-refractivity contribution in [2.45, 2.75) is 51.6 Å². The molecule has 2 rings (SSSR count). The fraction of sp³-hybridized carbons (Fsp3) is 0.562. The molecule has 20 heavy (non-hydrogen) atoms. The molecule has 0 spiro atoms. The minimum atomic E-state index is -0.0867. The van der Waals surface area contributed by atoms with Crippen molar-refractivity contribution in [1.82, 2.24) is 10.6 Å². The standard InChI is InChI=1S/C16H25N3O/c1-2-17-12-13-8-10-15(11-9-13)19-16(20)18-14-6-4-3-5-7-14/h8-11,14,17H,2-7,12H2,1H3,(H2,18,19,20). The predicted octanol–water partition coefficient (Wildman–Crippen LogP) is 3.25. The Morgan fingerprint density at radius 1 is 1.15 bits per heavy atom. The van der Waals surface area contributed by atoms with Crippen molar-refractivity contribution in [2.75, 3.05) is 11.9 Å². The average Bonchev–Trinajstić information content (AvgIpc) is 2.47. The highest BCUT2D eigenvalue weighted by Crippen LogP contribution is 2.17. The number of carbonyl (C=O) groups excluding carboxylic acids is 1. The van der Waals surface area contributed by atoms with Crippen LogP contribution in [0.3, 0.4) is 0 Å². The van der Waals surface area contributed by atoms with Crippen molar-refractivity contribution < 1.29 is 4.79 Å². The third kappa shape index (κ3) is 4.85. The smallest absolute Gasteiger partial charge is 0.319 e. The molecule has 4 heteroatoms. The minimum absolute atomic E-state index is 0.0867. The van der Waals surface area contributed by atoms with Crippen molar-refractivity contribution in [3.63, 3.8) is 0 Å². The second-order valence-corrected chi connectivity index (χ2v) is 5.41. The summed E-state index contributed by atoms with van der Waals surface area (Å²) in [6.07, 6.45) is 5.96. The van der Waals surface area contributed by atoms with E-state index in [0.717, 1.165) is 31.6 Å². The summed E-state index contributed by atoms with van der Waals surface area (Å²) in [6, 6.07) is 8.24. The van der Waals surface area contributed by atoms with E-state index in [2.05, 4.69) is 22.9 Å². The number of hydrogen-bond acceptors (Lipinski definition) is 2. The SMILES string of the molecule is CCNCc1ccc(NC(=O)NC2CCCCC2)cc1. The number of benzene rings is 1. The number of carbonyl (C=O) groups is 1. The zero-order valence-corrected chi connectivity index (χ0v) is 12.2. The Kier molecular flexibility index (Phi) is 5.87. The van der Waals surface area contributed by atoms with Crippen molar-refractivity contribution in [1.29, 1.82) is 0 Å². The lowest BCUT2D eigenvalue weighted by Gasteiger charge is -2.22. The molecule has 0 radical (unpaired) electrons. The van der Waals surface area contributed by atoms with Crippen molar-refractivity contribution >= 4 is 11.7 Å². The molecule has 0 heterocycles. The molecule has 110 valence electrons. The first-order chi connectivity index (χ1) is 9.78. The second kappa shape index (κ2) is 7.90. The van der Waals surface area contributed by atoms with E-state index in [-0.39, 0.29) is 6.03 Å². The van der Waals surface area contributed by atoms with E-state index in [0.29, 0.717) is 6.04 Å². The molecular weight excluding hydrogens is 250 g/mol. The van der Waals surface area contributed by atoms with Crippen LogP contribution in [-0.4, -0.2) is 18.6 Å².